The van der Waals surface area contributed by atoms with Crippen molar-refractivity contribution in [2.45, 2.75) is 26.7 Å². The second kappa shape index (κ2) is 9.83. The van der Waals surface area contributed by atoms with Crippen molar-refractivity contribution >= 4 is 29.1 Å². The number of carbonyl (C=O) groups excluding carboxylic acids is 2. The SMILES string of the molecule is CCCCOc1c(Cl)cc(C(=O)Nc2ccc(C(N)=O)cc2)cc1OCC. The number of amides is 2. The Hall–Kier alpha value is -2.73. The van der Waals surface area contributed by atoms with Gasteiger partial charge in [0, 0.05) is 16.8 Å². The highest BCUT2D eigenvalue weighted by molar-refractivity contribution is 6.32. The summed E-state index contributed by atoms with van der Waals surface area (Å²) in [4.78, 5) is 23.7. The maximum absolute atomic E-state index is 12.6. The number of anilines is 1. The van der Waals surface area contributed by atoms with Gasteiger partial charge in [-0.25, -0.2) is 0 Å². The molecule has 2 aromatic carbocycles. The van der Waals surface area contributed by atoms with Gasteiger partial charge in [0.15, 0.2) is 11.5 Å². The Morgan fingerprint density at radius 1 is 1.07 bits per heavy atom. The molecular weight excluding hydrogens is 368 g/mol. The van der Waals surface area contributed by atoms with Gasteiger partial charge < -0.3 is 20.5 Å². The summed E-state index contributed by atoms with van der Waals surface area (Å²) in [7, 11) is 0. The van der Waals surface area contributed by atoms with Gasteiger partial charge in [-0.15, -0.1) is 0 Å². The van der Waals surface area contributed by atoms with Crippen molar-refractivity contribution in [3.8, 4) is 11.5 Å². The average molecular weight is 391 g/mol. The lowest BCUT2D eigenvalue weighted by Crippen LogP contribution is -2.14. The standard InChI is InChI=1S/C20H23ClN2O4/c1-3-5-10-27-18-16(21)11-14(12-17(18)26-4-2)20(25)23-15-8-6-13(7-9-15)19(22)24/h6-9,11-12H,3-5,10H2,1-2H3,(H2,22,24)(H,23,25). The third kappa shape index (κ3) is 5.62. The quantitative estimate of drug-likeness (QED) is 0.625. The van der Waals surface area contributed by atoms with Crippen LogP contribution in [0.15, 0.2) is 36.4 Å². The van der Waals surface area contributed by atoms with Crippen molar-refractivity contribution in [3.63, 3.8) is 0 Å². The van der Waals surface area contributed by atoms with Crippen LogP contribution < -0.4 is 20.5 Å². The monoisotopic (exact) mass is 390 g/mol. The van der Waals surface area contributed by atoms with Gasteiger partial charge in [0.2, 0.25) is 5.91 Å². The molecule has 2 aromatic rings. The first-order valence-electron chi connectivity index (χ1n) is 8.76. The van der Waals surface area contributed by atoms with E-state index in [1.165, 1.54) is 0 Å². The van der Waals surface area contributed by atoms with Gasteiger partial charge in [-0.3, -0.25) is 9.59 Å². The predicted molar refractivity (Wildman–Crippen MR) is 106 cm³/mol. The number of unbranched alkanes of at least 4 members (excludes halogenated alkanes) is 1. The molecule has 0 saturated heterocycles. The van der Waals surface area contributed by atoms with Gasteiger partial charge in [0.1, 0.15) is 0 Å². The maximum atomic E-state index is 12.6. The van der Waals surface area contributed by atoms with Crippen molar-refractivity contribution in [3.05, 3.63) is 52.5 Å². The Labute approximate surface area is 163 Å². The number of nitrogens with two attached hydrogens (primary N) is 1. The second-order valence-corrected chi connectivity index (χ2v) is 6.22. The molecule has 27 heavy (non-hydrogen) atoms. The van der Waals surface area contributed by atoms with Gasteiger partial charge in [0.05, 0.1) is 18.2 Å². The fraction of sp³-hybridized carbons (Fsp3) is 0.300. The lowest BCUT2D eigenvalue weighted by molar-refractivity contribution is 0.0998. The molecular formula is C20H23ClN2O4. The van der Waals surface area contributed by atoms with Gasteiger partial charge >= 0.3 is 0 Å². The fourth-order valence-corrected chi connectivity index (χ4v) is 2.61. The topological polar surface area (TPSA) is 90.6 Å². The van der Waals surface area contributed by atoms with Crippen LogP contribution in [-0.4, -0.2) is 25.0 Å². The molecule has 3 N–H and O–H groups in total. The number of hydrogen-bond acceptors (Lipinski definition) is 4. The average Bonchev–Trinajstić information content (AvgIpc) is 2.64. The summed E-state index contributed by atoms with van der Waals surface area (Å²) in [5.41, 5.74) is 6.44. The molecule has 0 aliphatic rings. The van der Waals surface area contributed by atoms with E-state index in [-0.39, 0.29) is 5.91 Å². The van der Waals surface area contributed by atoms with Crippen LogP contribution >= 0.6 is 11.6 Å². The number of halogens is 1. The first-order valence-corrected chi connectivity index (χ1v) is 9.14. The summed E-state index contributed by atoms with van der Waals surface area (Å²) in [6, 6.07) is 9.43. The molecule has 0 spiro atoms. The van der Waals surface area contributed by atoms with Crippen LogP contribution in [0.5, 0.6) is 11.5 Å². The number of primary amides is 1. The van der Waals surface area contributed by atoms with Gasteiger partial charge in [-0.1, -0.05) is 24.9 Å². The lowest BCUT2D eigenvalue weighted by atomic mass is 10.1. The molecule has 0 unspecified atom stereocenters. The summed E-state index contributed by atoms with van der Waals surface area (Å²) in [6.45, 7) is 4.85. The molecule has 0 aliphatic carbocycles. The number of hydrogen-bond donors (Lipinski definition) is 2. The number of carbonyl (C=O) groups is 2. The maximum Gasteiger partial charge on any atom is 0.255 e. The molecule has 0 radical (unpaired) electrons. The van der Waals surface area contributed by atoms with Crippen molar-refractivity contribution in [1.82, 2.24) is 0 Å². The lowest BCUT2D eigenvalue weighted by Gasteiger charge is -2.15. The zero-order chi connectivity index (χ0) is 19.8. The first kappa shape index (κ1) is 20.6. The Bertz CT molecular complexity index is 806. The molecule has 2 amide bonds. The highest BCUT2D eigenvalue weighted by Crippen LogP contribution is 2.37. The molecule has 0 bridgehead atoms. The number of nitrogens with one attached hydrogen (secondary N) is 1. The highest BCUT2D eigenvalue weighted by atomic mass is 35.5. The van der Waals surface area contributed by atoms with Crippen molar-refractivity contribution in [2.24, 2.45) is 5.73 Å². The summed E-state index contributed by atoms with van der Waals surface area (Å²) >= 11 is 6.32. The third-order valence-corrected chi connectivity index (χ3v) is 4.02. The van der Waals surface area contributed by atoms with E-state index in [0.717, 1.165) is 12.8 Å². The van der Waals surface area contributed by atoms with Gasteiger partial charge in [-0.2, -0.15) is 0 Å². The molecule has 0 aromatic heterocycles. The Balaban J connectivity index is 2.20. The van der Waals surface area contributed by atoms with Crippen molar-refractivity contribution < 1.29 is 19.1 Å². The van der Waals surface area contributed by atoms with Gasteiger partial charge in [-0.05, 0) is 49.7 Å². The van der Waals surface area contributed by atoms with Gasteiger partial charge in [0.25, 0.3) is 5.91 Å². The van der Waals surface area contributed by atoms with E-state index in [4.69, 9.17) is 26.8 Å². The highest BCUT2D eigenvalue weighted by Gasteiger charge is 2.16. The Morgan fingerprint density at radius 2 is 1.78 bits per heavy atom. The Morgan fingerprint density at radius 3 is 2.37 bits per heavy atom. The van der Waals surface area contributed by atoms with E-state index in [9.17, 15) is 9.59 Å². The summed E-state index contributed by atoms with van der Waals surface area (Å²) in [6.07, 6.45) is 1.89. The molecule has 144 valence electrons. The van der Waals surface area contributed by atoms with Crippen LogP contribution in [0, 0.1) is 0 Å². The van der Waals surface area contributed by atoms with Crippen LogP contribution in [0.4, 0.5) is 5.69 Å². The van der Waals surface area contributed by atoms with E-state index in [1.54, 1.807) is 36.4 Å². The van der Waals surface area contributed by atoms with Crippen molar-refractivity contribution in [2.75, 3.05) is 18.5 Å². The minimum Gasteiger partial charge on any atom is -0.490 e. The zero-order valence-corrected chi connectivity index (χ0v) is 16.1. The third-order valence-electron chi connectivity index (χ3n) is 3.74. The minimum atomic E-state index is -0.528. The smallest absolute Gasteiger partial charge is 0.255 e. The number of rotatable bonds is 9. The van der Waals surface area contributed by atoms with E-state index in [0.29, 0.717) is 46.5 Å². The van der Waals surface area contributed by atoms with Crippen LogP contribution in [0.25, 0.3) is 0 Å². The predicted octanol–water partition coefficient (Wildman–Crippen LogP) is 4.27. The molecule has 0 fully saturated rings. The van der Waals surface area contributed by atoms with E-state index in [1.807, 2.05) is 6.92 Å². The molecule has 0 saturated carbocycles. The molecule has 0 aliphatic heterocycles. The molecule has 2 rings (SSSR count). The minimum absolute atomic E-state index is 0.311. The van der Waals surface area contributed by atoms with Crippen LogP contribution in [0.3, 0.4) is 0 Å². The molecule has 6 nitrogen and oxygen atoms in total. The molecule has 0 atom stereocenters. The molecule has 7 heteroatoms. The zero-order valence-electron chi connectivity index (χ0n) is 15.4. The number of benzene rings is 2. The van der Waals surface area contributed by atoms with Crippen LogP contribution in [0.2, 0.25) is 5.02 Å². The molecule has 0 heterocycles. The fourth-order valence-electron chi connectivity index (χ4n) is 2.34. The summed E-state index contributed by atoms with van der Waals surface area (Å²) < 4.78 is 11.3. The van der Waals surface area contributed by atoms with Crippen molar-refractivity contribution in [1.29, 1.82) is 0 Å². The van der Waals surface area contributed by atoms with Crippen LogP contribution in [-0.2, 0) is 0 Å². The van der Waals surface area contributed by atoms with Crippen LogP contribution in [0.1, 0.15) is 47.4 Å². The summed E-state index contributed by atoms with van der Waals surface area (Å²) in [5, 5.41) is 3.06. The summed E-state index contributed by atoms with van der Waals surface area (Å²) in [5.74, 6) is -0.0193. The van der Waals surface area contributed by atoms with E-state index in [2.05, 4.69) is 12.2 Å². The Kier molecular flexibility index (Phi) is 7.49. The number of ether oxygens (including phenoxy) is 2. The first-order chi connectivity index (χ1) is 13.0. The van der Waals surface area contributed by atoms with E-state index < -0.39 is 5.91 Å². The second-order valence-electron chi connectivity index (χ2n) is 5.82. The normalized spacial score (nSPS) is 10.3. The largest absolute Gasteiger partial charge is 0.490 e. The van der Waals surface area contributed by atoms with E-state index >= 15 is 0 Å².